The van der Waals surface area contributed by atoms with Gasteiger partial charge in [-0.3, -0.25) is 0 Å². The summed E-state index contributed by atoms with van der Waals surface area (Å²) < 4.78 is 2.11. The third-order valence-corrected chi connectivity index (χ3v) is 4.36. The van der Waals surface area contributed by atoms with Crippen LogP contribution in [-0.4, -0.2) is 32.8 Å². The molecular weight excluding hydrogens is 272 g/mol. The van der Waals surface area contributed by atoms with Gasteiger partial charge in [-0.05, 0) is 12.5 Å². The lowest BCUT2D eigenvalue weighted by Gasteiger charge is -2.26. The van der Waals surface area contributed by atoms with Crippen molar-refractivity contribution in [2.45, 2.75) is 33.5 Å². The lowest BCUT2D eigenvalue weighted by Crippen LogP contribution is -2.33. The van der Waals surface area contributed by atoms with Crippen molar-refractivity contribution in [1.82, 2.24) is 25.1 Å². The number of nitrogens with one attached hydrogen (secondary N) is 1. The minimum Gasteiger partial charge on any atom is -0.339 e. The zero-order chi connectivity index (χ0) is 13.9. The average Bonchev–Trinajstić information content (AvgIpc) is 3.05. The van der Waals surface area contributed by atoms with Crippen LogP contribution in [0.2, 0.25) is 0 Å². The van der Waals surface area contributed by atoms with E-state index in [0.29, 0.717) is 5.92 Å². The first-order valence-electron chi connectivity index (χ1n) is 6.99. The van der Waals surface area contributed by atoms with E-state index in [-0.39, 0.29) is 0 Å². The van der Waals surface area contributed by atoms with Gasteiger partial charge in [-0.25, -0.2) is 4.98 Å². The van der Waals surface area contributed by atoms with Gasteiger partial charge in [0, 0.05) is 30.7 Å². The van der Waals surface area contributed by atoms with Gasteiger partial charge in [0.2, 0.25) is 0 Å². The molecule has 1 aliphatic rings. The second-order valence-electron chi connectivity index (χ2n) is 5.50. The summed E-state index contributed by atoms with van der Waals surface area (Å²) in [6.45, 7) is 9.08. The minimum atomic E-state index is 0.677. The molecule has 0 fully saturated rings. The molecule has 0 amide bonds. The van der Waals surface area contributed by atoms with Crippen molar-refractivity contribution in [3.05, 3.63) is 23.2 Å². The maximum Gasteiger partial charge on any atom is 0.186 e. The molecule has 0 atom stereocenters. The van der Waals surface area contributed by atoms with Crippen molar-refractivity contribution >= 4 is 16.5 Å². The number of hydrogen-bond donors (Lipinski definition) is 1. The van der Waals surface area contributed by atoms with Gasteiger partial charge in [0.15, 0.2) is 11.0 Å². The van der Waals surface area contributed by atoms with Gasteiger partial charge >= 0.3 is 0 Å². The van der Waals surface area contributed by atoms with E-state index in [1.165, 1.54) is 4.88 Å². The second-order valence-corrected chi connectivity index (χ2v) is 6.59. The van der Waals surface area contributed by atoms with Crippen molar-refractivity contribution in [3.8, 4) is 0 Å². The Bertz CT molecular complexity index is 561. The van der Waals surface area contributed by atoms with Crippen molar-refractivity contribution in [1.29, 1.82) is 0 Å². The Morgan fingerprint density at radius 2 is 2.30 bits per heavy atom. The highest BCUT2D eigenvalue weighted by molar-refractivity contribution is 7.15. The van der Waals surface area contributed by atoms with Gasteiger partial charge < -0.3 is 14.8 Å². The summed E-state index contributed by atoms with van der Waals surface area (Å²) in [4.78, 5) is 8.11. The maximum absolute atomic E-state index is 4.54. The molecule has 1 aliphatic heterocycles. The Balaban J connectivity index is 1.60. The lowest BCUT2D eigenvalue weighted by atomic mass is 10.2. The van der Waals surface area contributed by atoms with Crippen LogP contribution >= 0.6 is 11.3 Å². The molecule has 6 nitrogen and oxygen atoms in total. The van der Waals surface area contributed by atoms with E-state index in [1.54, 1.807) is 17.7 Å². The van der Waals surface area contributed by atoms with E-state index >= 15 is 0 Å². The molecule has 3 rings (SSSR count). The molecule has 0 aliphatic carbocycles. The summed E-state index contributed by atoms with van der Waals surface area (Å²) in [6, 6.07) is 0. The van der Waals surface area contributed by atoms with Crippen molar-refractivity contribution < 1.29 is 0 Å². The molecule has 108 valence electrons. The molecule has 0 saturated carbocycles. The quantitative estimate of drug-likeness (QED) is 0.905. The van der Waals surface area contributed by atoms with Gasteiger partial charge in [-0.15, -0.1) is 21.5 Å². The number of hydrogen-bond acceptors (Lipinski definition) is 6. The molecule has 7 heteroatoms. The standard InChI is InChI=1S/C13H20N6S/c1-10(2)5-14-6-11-7-15-13(20-11)18-3-4-19-9-16-17-12(19)8-18/h7,9-10,14H,3-6,8H2,1-2H3. The Hall–Kier alpha value is -1.47. The van der Waals surface area contributed by atoms with Gasteiger partial charge in [-0.2, -0.15) is 0 Å². The number of anilines is 1. The maximum atomic E-state index is 4.54. The Morgan fingerprint density at radius 3 is 3.15 bits per heavy atom. The second kappa shape index (κ2) is 5.88. The summed E-state index contributed by atoms with van der Waals surface area (Å²) in [5.74, 6) is 1.70. The van der Waals surface area contributed by atoms with E-state index in [9.17, 15) is 0 Å². The van der Waals surface area contributed by atoms with E-state index in [4.69, 9.17) is 0 Å². The van der Waals surface area contributed by atoms with Crippen LogP contribution in [0.4, 0.5) is 5.13 Å². The van der Waals surface area contributed by atoms with Crippen LogP contribution in [0.25, 0.3) is 0 Å². The molecule has 20 heavy (non-hydrogen) atoms. The van der Waals surface area contributed by atoms with Crippen molar-refractivity contribution in [3.63, 3.8) is 0 Å². The highest BCUT2D eigenvalue weighted by atomic mass is 32.1. The predicted octanol–water partition coefficient (Wildman–Crippen LogP) is 1.50. The summed E-state index contributed by atoms with van der Waals surface area (Å²) in [6.07, 6.45) is 3.78. The van der Waals surface area contributed by atoms with Crippen LogP contribution in [0.1, 0.15) is 24.5 Å². The fourth-order valence-corrected chi connectivity index (χ4v) is 3.14. The average molecular weight is 292 g/mol. The first-order chi connectivity index (χ1) is 9.72. The zero-order valence-corrected chi connectivity index (χ0v) is 12.7. The van der Waals surface area contributed by atoms with Crippen LogP contribution in [0.5, 0.6) is 0 Å². The number of thiazole rings is 1. The van der Waals surface area contributed by atoms with Crippen LogP contribution < -0.4 is 10.2 Å². The topological polar surface area (TPSA) is 58.9 Å². The third-order valence-electron chi connectivity index (χ3n) is 3.30. The predicted molar refractivity (Wildman–Crippen MR) is 79.7 cm³/mol. The van der Waals surface area contributed by atoms with Gasteiger partial charge in [-0.1, -0.05) is 13.8 Å². The summed E-state index contributed by atoms with van der Waals surface area (Å²) in [7, 11) is 0. The largest absolute Gasteiger partial charge is 0.339 e. The molecule has 3 heterocycles. The molecule has 0 radical (unpaired) electrons. The Labute approximate surface area is 122 Å². The molecule has 0 spiro atoms. The highest BCUT2D eigenvalue weighted by Crippen LogP contribution is 2.25. The Morgan fingerprint density at radius 1 is 1.40 bits per heavy atom. The van der Waals surface area contributed by atoms with Gasteiger partial charge in [0.25, 0.3) is 0 Å². The fourth-order valence-electron chi connectivity index (χ4n) is 2.24. The van der Waals surface area contributed by atoms with Crippen LogP contribution in [-0.2, 0) is 19.6 Å². The SMILES string of the molecule is CC(C)CNCc1cnc(N2CCn3cnnc3C2)s1. The van der Waals surface area contributed by atoms with E-state index in [1.807, 2.05) is 6.20 Å². The Kier molecular flexibility index (Phi) is 3.98. The molecule has 0 bridgehead atoms. The van der Waals surface area contributed by atoms with E-state index < -0.39 is 0 Å². The van der Waals surface area contributed by atoms with E-state index in [2.05, 4.69) is 43.8 Å². The van der Waals surface area contributed by atoms with Crippen LogP contribution in [0.15, 0.2) is 12.5 Å². The molecule has 2 aromatic rings. The normalized spacial score (nSPS) is 14.8. The van der Waals surface area contributed by atoms with Gasteiger partial charge in [0.1, 0.15) is 6.33 Å². The lowest BCUT2D eigenvalue weighted by molar-refractivity contribution is 0.554. The highest BCUT2D eigenvalue weighted by Gasteiger charge is 2.19. The zero-order valence-electron chi connectivity index (χ0n) is 11.9. The van der Waals surface area contributed by atoms with Crippen molar-refractivity contribution in [2.75, 3.05) is 18.0 Å². The summed E-state index contributed by atoms with van der Waals surface area (Å²) in [5, 5.41) is 12.6. The van der Waals surface area contributed by atoms with Gasteiger partial charge in [0.05, 0.1) is 6.54 Å². The molecule has 0 saturated heterocycles. The summed E-state index contributed by atoms with van der Waals surface area (Å²) >= 11 is 1.76. The van der Waals surface area contributed by atoms with E-state index in [0.717, 1.165) is 43.7 Å². The molecule has 2 aromatic heterocycles. The number of fused-ring (bicyclic) bond motifs is 1. The number of rotatable bonds is 5. The number of aromatic nitrogens is 4. The van der Waals surface area contributed by atoms with Crippen LogP contribution in [0, 0.1) is 5.92 Å². The first kappa shape index (κ1) is 13.5. The first-order valence-corrected chi connectivity index (χ1v) is 7.81. The smallest absolute Gasteiger partial charge is 0.186 e. The minimum absolute atomic E-state index is 0.677. The monoisotopic (exact) mass is 292 g/mol. The van der Waals surface area contributed by atoms with Crippen molar-refractivity contribution in [2.24, 2.45) is 5.92 Å². The molecular formula is C13H20N6S. The molecule has 0 unspecified atom stereocenters. The van der Waals surface area contributed by atoms with Crippen LogP contribution in [0.3, 0.4) is 0 Å². The fraction of sp³-hybridized carbons (Fsp3) is 0.615. The molecule has 1 N–H and O–H groups in total. The third kappa shape index (κ3) is 2.99. The molecule has 0 aromatic carbocycles. The number of nitrogens with zero attached hydrogens (tertiary/aromatic N) is 5. The summed E-state index contributed by atoms with van der Waals surface area (Å²) in [5.41, 5.74) is 0.